The minimum atomic E-state index is -0.680. The van der Waals surface area contributed by atoms with Gasteiger partial charge in [-0.2, -0.15) is 0 Å². The molecule has 1 aromatic carbocycles. The summed E-state index contributed by atoms with van der Waals surface area (Å²) >= 11 is 0. The zero-order valence-electron chi connectivity index (χ0n) is 7.11. The highest BCUT2D eigenvalue weighted by Gasteiger charge is 2.10. The molecule has 2 N–H and O–H groups in total. The van der Waals surface area contributed by atoms with Crippen LogP contribution in [0.25, 0.3) is 0 Å². The summed E-state index contributed by atoms with van der Waals surface area (Å²) in [5, 5.41) is 18.7. The zero-order valence-corrected chi connectivity index (χ0v) is 7.11. The molecule has 0 heterocycles. The largest absolute Gasteiger partial charge is 0.504 e. The van der Waals surface area contributed by atoms with Crippen molar-refractivity contribution in [1.82, 2.24) is 0 Å². The van der Waals surface area contributed by atoms with Gasteiger partial charge in [0.15, 0.2) is 11.5 Å². The molecular formula is C9H12O3. The Hall–Kier alpha value is -1.22. The van der Waals surface area contributed by atoms with E-state index in [0.29, 0.717) is 11.3 Å². The average Bonchev–Trinajstić information content (AvgIpc) is 2.04. The molecule has 0 unspecified atom stereocenters. The van der Waals surface area contributed by atoms with Crippen molar-refractivity contribution in [2.75, 3.05) is 7.11 Å². The van der Waals surface area contributed by atoms with E-state index in [1.54, 1.807) is 25.1 Å². The Morgan fingerprint density at radius 3 is 2.58 bits per heavy atom. The van der Waals surface area contributed by atoms with E-state index in [1.165, 1.54) is 7.11 Å². The van der Waals surface area contributed by atoms with Crippen LogP contribution in [0.3, 0.4) is 0 Å². The van der Waals surface area contributed by atoms with E-state index in [4.69, 9.17) is 4.74 Å². The predicted molar refractivity (Wildman–Crippen MR) is 45.3 cm³/mol. The molecular weight excluding hydrogens is 156 g/mol. The molecule has 0 aliphatic carbocycles. The third kappa shape index (κ3) is 1.51. The SMILES string of the molecule is COc1cccc([C@@H](C)O)c1O. The number of phenolic OH excluding ortho intramolecular Hbond substituents is 1. The van der Waals surface area contributed by atoms with Gasteiger partial charge in [0.05, 0.1) is 13.2 Å². The van der Waals surface area contributed by atoms with Gasteiger partial charge in [0, 0.05) is 5.56 Å². The molecule has 0 amide bonds. The maximum atomic E-state index is 9.47. The second-order valence-corrected chi connectivity index (χ2v) is 2.57. The smallest absolute Gasteiger partial charge is 0.163 e. The van der Waals surface area contributed by atoms with Crippen LogP contribution >= 0.6 is 0 Å². The first-order chi connectivity index (χ1) is 5.66. The molecule has 0 aliphatic heterocycles. The van der Waals surface area contributed by atoms with E-state index in [9.17, 15) is 10.2 Å². The first-order valence-electron chi connectivity index (χ1n) is 3.70. The number of methoxy groups -OCH3 is 1. The molecule has 0 radical (unpaired) electrons. The molecule has 1 atom stereocenters. The summed E-state index contributed by atoms with van der Waals surface area (Å²) in [5.74, 6) is 0.392. The molecule has 3 nitrogen and oxygen atoms in total. The van der Waals surface area contributed by atoms with Gasteiger partial charge in [0.1, 0.15) is 0 Å². The Morgan fingerprint density at radius 1 is 1.42 bits per heavy atom. The van der Waals surface area contributed by atoms with Crippen LogP contribution in [0, 0.1) is 0 Å². The molecule has 1 rings (SSSR count). The van der Waals surface area contributed by atoms with E-state index in [1.807, 2.05) is 0 Å². The highest BCUT2D eigenvalue weighted by Crippen LogP contribution is 2.32. The highest BCUT2D eigenvalue weighted by molar-refractivity contribution is 5.46. The van der Waals surface area contributed by atoms with E-state index in [2.05, 4.69) is 0 Å². The normalized spacial score (nSPS) is 12.6. The van der Waals surface area contributed by atoms with Crippen LogP contribution in [-0.4, -0.2) is 17.3 Å². The van der Waals surface area contributed by atoms with Crippen molar-refractivity contribution >= 4 is 0 Å². The van der Waals surface area contributed by atoms with Crippen molar-refractivity contribution in [2.45, 2.75) is 13.0 Å². The summed E-state index contributed by atoms with van der Waals surface area (Å²) in [6.45, 7) is 1.59. The Balaban J connectivity index is 3.14. The van der Waals surface area contributed by atoms with Crippen LogP contribution in [-0.2, 0) is 0 Å². The summed E-state index contributed by atoms with van der Waals surface area (Å²) in [5.41, 5.74) is 0.481. The van der Waals surface area contributed by atoms with Crippen molar-refractivity contribution in [1.29, 1.82) is 0 Å². The summed E-state index contributed by atoms with van der Waals surface area (Å²) in [4.78, 5) is 0. The quantitative estimate of drug-likeness (QED) is 0.702. The van der Waals surface area contributed by atoms with E-state index >= 15 is 0 Å². The van der Waals surface area contributed by atoms with Gasteiger partial charge in [-0.15, -0.1) is 0 Å². The van der Waals surface area contributed by atoms with Gasteiger partial charge < -0.3 is 14.9 Å². The Kier molecular flexibility index (Phi) is 2.55. The maximum absolute atomic E-state index is 9.47. The molecule has 0 aromatic heterocycles. The lowest BCUT2D eigenvalue weighted by molar-refractivity contribution is 0.193. The van der Waals surface area contributed by atoms with E-state index in [0.717, 1.165) is 0 Å². The molecule has 0 bridgehead atoms. The van der Waals surface area contributed by atoms with Gasteiger partial charge in [-0.25, -0.2) is 0 Å². The lowest BCUT2D eigenvalue weighted by atomic mass is 10.1. The summed E-state index contributed by atoms with van der Waals surface area (Å²) in [6, 6.07) is 5.02. The lowest BCUT2D eigenvalue weighted by Gasteiger charge is -2.09. The third-order valence-corrected chi connectivity index (χ3v) is 1.70. The number of hydrogen-bond donors (Lipinski definition) is 2. The number of para-hydroxylation sites is 1. The van der Waals surface area contributed by atoms with Crippen molar-refractivity contribution in [2.24, 2.45) is 0 Å². The zero-order chi connectivity index (χ0) is 9.14. The summed E-state index contributed by atoms with van der Waals surface area (Å²) in [6.07, 6.45) is -0.680. The molecule has 12 heavy (non-hydrogen) atoms. The number of phenols is 1. The first kappa shape index (κ1) is 8.87. The van der Waals surface area contributed by atoms with Crippen molar-refractivity contribution in [3.63, 3.8) is 0 Å². The summed E-state index contributed by atoms with van der Waals surface area (Å²) < 4.78 is 4.87. The number of hydrogen-bond acceptors (Lipinski definition) is 3. The third-order valence-electron chi connectivity index (χ3n) is 1.70. The van der Waals surface area contributed by atoms with Gasteiger partial charge in [-0.05, 0) is 13.0 Å². The van der Waals surface area contributed by atoms with E-state index < -0.39 is 6.10 Å². The van der Waals surface area contributed by atoms with Crippen molar-refractivity contribution in [3.8, 4) is 11.5 Å². The minimum Gasteiger partial charge on any atom is -0.504 e. The van der Waals surface area contributed by atoms with Crippen LogP contribution in [0.1, 0.15) is 18.6 Å². The van der Waals surface area contributed by atoms with Crippen LogP contribution in [0.15, 0.2) is 18.2 Å². The fourth-order valence-corrected chi connectivity index (χ4v) is 1.04. The van der Waals surface area contributed by atoms with Gasteiger partial charge in [-0.3, -0.25) is 0 Å². The van der Waals surface area contributed by atoms with Gasteiger partial charge >= 0.3 is 0 Å². The van der Waals surface area contributed by atoms with Crippen LogP contribution in [0.4, 0.5) is 0 Å². The Bertz CT molecular complexity index is 268. The lowest BCUT2D eigenvalue weighted by Crippen LogP contribution is -1.93. The van der Waals surface area contributed by atoms with Gasteiger partial charge in [-0.1, -0.05) is 12.1 Å². The average molecular weight is 168 g/mol. The minimum absolute atomic E-state index is 0.00926. The standard InChI is InChI=1S/C9H12O3/c1-6(10)7-4-3-5-8(12-2)9(7)11/h3-6,10-11H,1-2H3/t6-/m1/s1. The molecule has 66 valence electrons. The van der Waals surface area contributed by atoms with E-state index in [-0.39, 0.29) is 5.75 Å². The highest BCUT2D eigenvalue weighted by atomic mass is 16.5. The topological polar surface area (TPSA) is 49.7 Å². The Morgan fingerprint density at radius 2 is 2.08 bits per heavy atom. The second kappa shape index (κ2) is 3.45. The van der Waals surface area contributed by atoms with Crippen LogP contribution in [0.5, 0.6) is 11.5 Å². The Labute approximate surface area is 71.2 Å². The number of benzene rings is 1. The number of aliphatic hydroxyl groups is 1. The number of rotatable bonds is 2. The fraction of sp³-hybridized carbons (Fsp3) is 0.333. The van der Waals surface area contributed by atoms with Crippen molar-refractivity contribution in [3.05, 3.63) is 23.8 Å². The van der Waals surface area contributed by atoms with Gasteiger partial charge in [0.25, 0.3) is 0 Å². The molecule has 0 aliphatic rings. The molecule has 0 spiro atoms. The first-order valence-corrected chi connectivity index (χ1v) is 3.70. The molecule has 0 saturated carbocycles. The maximum Gasteiger partial charge on any atom is 0.163 e. The number of aliphatic hydroxyl groups excluding tert-OH is 1. The monoisotopic (exact) mass is 168 g/mol. The molecule has 0 fully saturated rings. The van der Waals surface area contributed by atoms with Crippen LogP contribution < -0.4 is 4.74 Å². The van der Waals surface area contributed by atoms with Gasteiger partial charge in [0.2, 0.25) is 0 Å². The molecule has 3 heteroatoms. The van der Waals surface area contributed by atoms with Crippen molar-refractivity contribution < 1.29 is 14.9 Å². The number of aromatic hydroxyl groups is 1. The molecule has 0 saturated heterocycles. The fourth-order valence-electron chi connectivity index (χ4n) is 1.04. The number of ether oxygens (including phenoxy) is 1. The van der Waals surface area contributed by atoms with Crippen LogP contribution in [0.2, 0.25) is 0 Å². The molecule has 1 aromatic rings. The second-order valence-electron chi connectivity index (χ2n) is 2.57. The predicted octanol–water partition coefficient (Wildman–Crippen LogP) is 1.45. The summed E-state index contributed by atoms with van der Waals surface area (Å²) in [7, 11) is 1.47.